The zero-order valence-electron chi connectivity index (χ0n) is 10.5. The normalized spacial score (nSPS) is 21.6. The minimum Gasteiger partial charge on any atom is -0.306 e. The first-order valence-corrected chi connectivity index (χ1v) is 6.79. The van der Waals surface area contributed by atoms with E-state index in [1.165, 1.54) is 19.4 Å². The first-order valence-electron chi connectivity index (χ1n) is 6.41. The second-order valence-corrected chi connectivity index (χ2v) is 5.51. The van der Waals surface area contributed by atoms with Gasteiger partial charge in [0.2, 0.25) is 0 Å². The zero-order valence-corrected chi connectivity index (χ0v) is 11.3. The molecule has 1 fully saturated rings. The molecule has 0 saturated carbocycles. The Kier molecular flexibility index (Phi) is 3.22. The van der Waals surface area contributed by atoms with Crippen LogP contribution in [-0.4, -0.2) is 39.6 Å². The van der Waals surface area contributed by atoms with Gasteiger partial charge in [0.05, 0.1) is 0 Å². The van der Waals surface area contributed by atoms with Gasteiger partial charge < -0.3 is 4.90 Å². The molecule has 2 aromatic heterocycles. The minimum absolute atomic E-state index is 0.618. The molecule has 96 valence electrons. The van der Waals surface area contributed by atoms with Crippen LogP contribution in [0, 0.1) is 5.92 Å². The van der Waals surface area contributed by atoms with Gasteiger partial charge in [-0.05, 0) is 44.5 Å². The average molecular weight is 265 g/mol. The second kappa shape index (κ2) is 4.86. The van der Waals surface area contributed by atoms with Gasteiger partial charge in [0, 0.05) is 13.0 Å². The van der Waals surface area contributed by atoms with Gasteiger partial charge in [-0.2, -0.15) is 0 Å². The highest BCUT2D eigenvalue weighted by Gasteiger charge is 2.19. The lowest BCUT2D eigenvalue weighted by molar-refractivity contribution is 0.207. The molecule has 0 amide bonds. The van der Waals surface area contributed by atoms with Crippen molar-refractivity contribution in [1.29, 1.82) is 0 Å². The minimum atomic E-state index is 0.618. The highest BCUT2D eigenvalue weighted by atomic mass is 35.5. The number of fused-ring (bicyclic) bond motifs is 1. The monoisotopic (exact) mass is 264 g/mol. The van der Waals surface area contributed by atoms with Gasteiger partial charge in [-0.15, -0.1) is 5.10 Å². The Morgan fingerprint density at radius 1 is 1.44 bits per heavy atom. The fourth-order valence-corrected chi connectivity index (χ4v) is 2.90. The Hall–Kier alpha value is -1.13. The van der Waals surface area contributed by atoms with E-state index in [0.29, 0.717) is 11.1 Å². The molecule has 0 aromatic carbocycles. The summed E-state index contributed by atoms with van der Waals surface area (Å²) in [5, 5.41) is 5.10. The number of likely N-dealkylation sites (tertiary alicyclic amines) is 1. The Morgan fingerprint density at radius 2 is 2.33 bits per heavy atom. The van der Waals surface area contributed by atoms with Crippen molar-refractivity contribution in [2.24, 2.45) is 5.92 Å². The molecule has 0 aliphatic carbocycles. The van der Waals surface area contributed by atoms with E-state index in [1.807, 2.05) is 18.2 Å². The molecule has 3 rings (SSSR count). The van der Waals surface area contributed by atoms with Crippen LogP contribution in [-0.2, 0) is 6.42 Å². The standard InChI is InChI=1S/C13H17ClN4/c1-17-7-3-4-10(9-17)8-12-15-13-6-2-5-11(14)18(13)16-12/h2,5-6,10H,3-4,7-9H2,1H3. The van der Waals surface area contributed by atoms with Crippen molar-refractivity contribution in [3.8, 4) is 0 Å². The lowest BCUT2D eigenvalue weighted by atomic mass is 9.95. The van der Waals surface area contributed by atoms with Crippen molar-refractivity contribution in [3.05, 3.63) is 29.2 Å². The third-order valence-corrected chi connectivity index (χ3v) is 3.84. The SMILES string of the molecule is CN1CCCC(Cc2nc3cccc(Cl)n3n2)C1. The van der Waals surface area contributed by atoms with Gasteiger partial charge in [0.1, 0.15) is 5.15 Å². The summed E-state index contributed by atoms with van der Waals surface area (Å²) in [5.41, 5.74) is 0.835. The molecule has 2 aromatic rings. The fourth-order valence-electron chi connectivity index (χ4n) is 2.70. The molecule has 18 heavy (non-hydrogen) atoms. The highest BCUT2D eigenvalue weighted by molar-refractivity contribution is 6.29. The van der Waals surface area contributed by atoms with Crippen molar-refractivity contribution in [2.75, 3.05) is 20.1 Å². The van der Waals surface area contributed by atoms with Gasteiger partial charge in [-0.1, -0.05) is 17.7 Å². The number of nitrogens with zero attached hydrogens (tertiary/aromatic N) is 4. The Balaban J connectivity index is 1.80. The summed E-state index contributed by atoms with van der Waals surface area (Å²) in [7, 11) is 2.18. The first-order chi connectivity index (χ1) is 8.72. The van der Waals surface area contributed by atoms with Crippen LogP contribution in [0.15, 0.2) is 18.2 Å². The second-order valence-electron chi connectivity index (χ2n) is 5.12. The summed E-state index contributed by atoms with van der Waals surface area (Å²) < 4.78 is 1.71. The number of pyridine rings is 1. The quantitative estimate of drug-likeness (QED) is 0.781. The maximum Gasteiger partial charge on any atom is 0.157 e. The molecular weight excluding hydrogens is 248 g/mol. The molecule has 4 nitrogen and oxygen atoms in total. The van der Waals surface area contributed by atoms with E-state index >= 15 is 0 Å². The van der Waals surface area contributed by atoms with Crippen LogP contribution in [0.5, 0.6) is 0 Å². The van der Waals surface area contributed by atoms with Gasteiger partial charge in [0.25, 0.3) is 0 Å². The molecule has 1 unspecified atom stereocenters. The average Bonchev–Trinajstić information content (AvgIpc) is 2.73. The van der Waals surface area contributed by atoms with Crippen LogP contribution in [0.4, 0.5) is 0 Å². The van der Waals surface area contributed by atoms with Crippen molar-refractivity contribution < 1.29 is 0 Å². The maximum atomic E-state index is 6.09. The zero-order chi connectivity index (χ0) is 12.5. The molecule has 3 heterocycles. The Morgan fingerprint density at radius 3 is 3.11 bits per heavy atom. The molecule has 1 aliphatic heterocycles. The number of rotatable bonds is 2. The summed E-state index contributed by atoms with van der Waals surface area (Å²) in [5.74, 6) is 1.57. The third kappa shape index (κ3) is 2.35. The van der Waals surface area contributed by atoms with E-state index < -0.39 is 0 Å². The van der Waals surface area contributed by atoms with E-state index in [2.05, 4.69) is 22.0 Å². The van der Waals surface area contributed by atoms with Crippen LogP contribution in [0.3, 0.4) is 0 Å². The molecule has 1 aliphatic rings. The van der Waals surface area contributed by atoms with E-state index in [0.717, 1.165) is 24.4 Å². The van der Waals surface area contributed by atoms with Crippen LogP contribution in [0.1, 0.15) is 18.7 Å². The lowest BCUT2D eigenvalue weighted by Crippen LogP contribution is -2.33. The lowest BCUT2D eigenvalue weighted by Gasteiger charge is -2.28. The predicted molar refractivity (Wildman–Crippen MR) is 71.9 cm³/mol. The van der Waals surface area contributed by atoms with Crippen molar-refractivity contribution in [1.82, 2.24) is 19.5 Å². The van der Waals surface area contributed by atoms with E-state index in [9.17, 15) is 0 Å². The summed E-state index contributed by atoms with van der Waals surface area (Å²) in [6.07, 6.45) is 3.49. The predicted octanol–water partition coefficient (Wildman–Crippen LogP) is 2.27. The molecular formula is C13H17ClN4. The van der Waals surface area contributed by atoms with Gasteiger partial charge in [0.15, 0.2) is 11.5 Å². The van der Waals surface area contributed by atoms with Crippen LogP contribution >= 0.6 is 11.6 Å². The molecule has 0 N–H and O–H groups in total. The molecule has 1 atom stereocenters. The van der Waals surface area contributed by atoms with Crippen molar-refractivity contribution in [2.45, 2.75) is 19.3 Å². The highest BCUT2D eigenvalue weighted by Crippen LogP contribution is 2.19. The Bertz CT molecular complexity index is 551. The summed E-state index contributed by atoms with van der Waals surface area (Å²) in [6.45, 7) is 2.35. The molecule has 0 spiro atoms. The van der Waals surface area contributed by atoms with Crippen LogP contribution < -0.4 is 0 Å². The van der Waals surface area contributed by atoms with Crippen molar-refractivity contribution in [3.63, 3.8) is 0 Å². The summed E-state index contributed by atoms with van der Waals surface area (Å²) >= 11 is 6.09. The van der Waals surface area contributed by atoms with E-state index in [1.54, 1.807) is 4.52 Å². The number of aromatic nitrogens is 3. The summed E-state index contributed by atoms with van der Waals surface area (Å²) in [4.78, 5) is 6.93. The van der Waals surface area contributed by atoms with Gasteiger partial charge >= 0.3 is 0 Å². The molecule has 5 heteroatoms. The number of halogens is 1. The van der Waals surface area contributed by atoms with Crippen LogP contribution in [0.25, 0.3) is 5.65 Å². The molecule has 1 saturated heterocycles. The van der Waals surface area contributed by atoms with Crippen molar-refractivity contribution >= 4 is 17.2 Å². The maximum absolute atomic E-state index is 6.09. The molecule has 0 bridgehead atoms. The first kappa shape index (κ1) is 11.9. The number of piperidine rings is 1. The Labute approximate surface area is 112 Å². The largest absolute Gasteiger partial charge is 0.306 e. The van der Waals surface area contributed by atoms with Crippen LogP contribution in [0.2, 0.25) is 5.15 Å². The summed E-state index contributed by atoms with van der Waals surface area (Å²) in [6, 6.07) is 5.68. The number of hydrogen-bond donors (Lipinski definition) is 0. The van der Waals surface area contributed by atoms with Gasteiger partial charge in [-0.25, -0.2) is 9.50 Å². The topological polar surface area (TPSA) is 33.4 Å². The fraction of sp³-hybridized carbons (Fsp3) is 0.538. The van der Waals surface area contributed by atoms with Gasteiger partial charge in [-0.3, -0.25) is 0 Å². The van der Waals surface area contributed by atoms with E-state index in [-0.39, 0.29) is 0 Å². The molecule has 0 radical (unpaired) electrons. The number of hydrogen-bond acceptors (Lipinski definition) is 3. The van der Waals surface area contributed by atoms with E-state index in [4.69, 9.17) is 11.6 Å². The smallest absolute Gasteiger partial charge is 0.157 e. The third-order valence-electron chi connectivity index (χ3n) is 3.55.